The van der Waals surface area contributed by atoms with Crippen LogP contribution < -0.4 is 5.56 Å². The monoisotopic (exact) mass is 505 g/mol. The van der Waals surface area contributed by atoms with Crippen LogP contribution in [-0.4, -0.2) is 45.2 Å². The van der Waals surface area contributed by atoms with Crippen LogP contribution in [0.5, 0.6) is 0 Å². The predicted octanol–water partition coefficient (Wildman–Crippen LogP) is 5.81. The fraction of sp³-hybridized carbons (Fsp3) is 0.710. The summed E-state index contributed by atoms with van der Waals surface area (Å²) in [4.78, 5) is 33.5. The van der Waals surface area contributed by atoms with Gasteiger partial charge in [-0.1, -0.05) is 37.8 Å². The molecule has 2 aliphatic heterocycles. The van der Waals surface area contributed by atoms with Gasteiger partial charge in [-0.25, -0.2) is 4.98 Å². The van der Waals surface area contributed by atoms with E-state index >= 15 is 0 Å². The van der Waals surface area contributed by atoms with Crippen molar-refractivity contribution >= 4 is 17.0 Å². The molecule has 3 heterocycles. The van der Waals surface area contributed by atoms with E-state index in [9.17, 15) is 9.59 Å². The summed E-state index contributed by atoms with van der Waals surface area (Å²) in [6.07, 6.45) is 16.0. The number of piperidine rings is 2. The molecule has 6 nitrogen and oxygen atoms in total. The van der Waals surface area contributed by atoms with Gasteiger partial charge in [0.25, 0.3) is 5.56 Å². The molecule has 6 heteroatoms. The summed E-state index contributed by atoms with van der Waals surface area (Å²) in [7, 11) is 0. The summed E-state index contributed by atoms with van der Waals surface area (Å²) in [6, 6.07) is 10.3. The Morgan fingerprint density at radius 2 is 1.62 bits per heavy atom. The Bertz CT molecular complexity index is 1150. The van der Waals surface area contributed by atoms with E-state index in [1.165, 1.54) is 57.8 Å². The first-order valence-electron chi connectivity index (χ1n) is 15.0. The van der Waals surface area contributed by atoms with Crippen molar-refractivity contribution in [3.63, 3.8) is 0 Å². The van der Waals surface area contributed by atoms with E-state index in [-0.39, 0.29) is 17.6 Å². The highest BCUT2D eigenvalue weighted by atomic mass is 16.5. The predicted molar refractivity (Wildman–Crippen MR) is 146 cm³/mol. The molecule has 2 aliphatic carbocycles. The molecular weight excluding hydrogens is 462 g/mol. The molecule has 4 fully saturated rings. The minimum absolute atomic E-state index is 0.0475. The van der Waals surface area contributed by atoms with Crippen molar-refractivity contribution in [3.8, 4) is 0 Å². The lowest BCUT2D eigenvalue weighted by atomic mass is 9.68. The number of benzene rings is 1. The Kier molecular flexibility index (Phi) is 7.38. The number of carbonyl (C=O) groups excluding carboxylic acids is 1. The van der Waals surface area contributed by atoms with Crippen LogP contribution in [0.2, 0.25) is 0 Å². The van der Waals surface area contributed by atoms with Gasteiger partial charge >= 0.3 is 5.97 Å². The van der Waals surface area contributed by atoms with Crippen LogP contribution in [0.3, 0.4) is 0 Å². The summed E-state index contributed by atoms with van der Waals surface area (Å²) >= 11 is 0. The van der Waals surface area contributed by atoms with Crippen LogP contribution in [0.1, 0.15) is 102 Å². The van der Waals surface area contributed by atoms with E-state index in [2.05, 4.69) is 15.5 Å². The smallest absolute Gasteiger partial charge is 0.305 e. The molecule has 1 aromatic carbocycles. The average molecular weight is 506 g/mol. The zero-order valence-corrected chi connectivity index (χ0v) is 22.4. The lowest BCUT2D eigenvalue weighted by molar-refractivity contribution is -0.143. The molecule has 4 bridgehead atoms. The molecule has 200 valence electrons. The van der Waals surface area contributed by atoms with Crippen molar-refractivity contribution in [3.05, 3.63) is 40.3 Å². The maximum atomic E-state index is 13.9. The van der Waals surface area contributed by atoms with Gasteiger partial charge in [-0.05, 0) is 88.7 Å². The number of fused-ring (bicyclic) bond motifs is 5. The maximum absolute atomic E-state index is 13.9. The summed E-state index contributed by atoms with van der Waals surface area (Å²) in [5.41, 5.74) is 2.49. The van der Waals surface area contributed by atoms with Gasteiger partial charge < -0.3 is 9.30 Å². The van der Waals surface area contributed by atoms with E-state index in [0.717, 1.165) is 41.8 Å². The molecule has 2 saturated heterocycles. The second-order valence-corrected chi connectivity index (χ2v) is 12.2. The van der Waals surface area contributed by atoms with Crippen LogP contribution in [-0.2, 0) is 16.0 Å². The van der Waals surface area contributed by atoms with E-state index in [1.807, 2.05) is 25.1 Å². The van der Waals surface area contributed by atoms with Crippen molar-refractivity contribution in [2.75, 3.05) is 6.61 Å². The number of hydrogen-bond donors (Lipinski definition) is 0. The Morgan fingerprint density at radius 1 is 0.919 bits per heavy atom. The fourth-order valence-electron chi connectivity index (χ4n) is 8.50. The minimum atomic E-state index is -0.198. The number of esters is 1. The van der Waals surface area contributed by atoms with Crippen molar-refractivity contribution < 1.29 is 9.53 Å². The third-order valence-electron chi connectivity index (χ3n) is 9.86. The van der Waals surface area contributed by atoms with Crippen LogP contribution in [0.4, 0.5) is 0 Å². The highest BCUT2D eigenvalue weighted by Crippen LogP contribution is 2.47. The number of aryl methyl sites for hydroxylation is 1. The highest BCUT2D eigenvalue weighted by molar-refractivity contribution is 5.75. The van der Waals surface area contributed by atoms with Gasteiger partial charge in [-0.2, -0.15) is 0 Å². The summed E-state index contributed by atoms with van der Waals surface area (Å²) < 4.78 is 7.18. The maximum Gasteiger partial charge on any atom is 0.305 e. The van der Waals surface area contributed by atoms with Gasteiger partial charge in [0.1, 0.15) is 5.69 Å². The SMILES string of the molecule is CCOC(=O)CCCc1nc2ccccc2n([C@H]2C[C@H]3CCC[C@@H](C2)N3C2CC3CCCC(C3)C2)c1=O. The Hall–Kier alpha value is -2.21. The van der Waals surface area contributed by atoms with Gasteiger partial charge in [-0.15, -0.1) is 0 Å². The van der Waals surface area contributed by atoms with Gasteiger partial charge in [0, 0.05) is 30.6 Å². The zero-order valence-electron chi connectivity index (χ0n) is 22.4. The minimum Gasteiger partial charge on any atom is -0.466 e. The van der Waals surface area contributed by atoms with Crippen LogP contribution >= 0.6 is 0 Å². The molecule has 4 aliphatic rings. The first kappa shape index (κ1) is 25.1. The molecule has 0 amide bonds. The molecule has 37 heavy (non-hydrogen) atoms. The number of para-hydroxylation sites is 2. The molecular formula is C31H43N3O3. The Morgan fingerprint density at radius 3 is 2.35 bits per heavy atom. The third-order valence-corrected chi connectivity index (χ3v) is 9.86. The summed E-state index contributed by atoms with van der Waals surface area (Å²) in [5, 5.41) is 0. The topological polar surface area (TPSA) is 64.4 Å². The standard InChI is InChI=1S/C31H43N3O3/c1-2-37-30(35)15-7-13-28-31(36)34(29-14-4-3-12-27(29)32-28)26-19-23-10-6-11-24(20-26)33(23)25-17-21-8-5-9-22(16-21)18-25/h3-4,12,14,21-26H,2,5-11,13,15-20H2,1H3/t21?,22?,23-,24+,25?,26+. The Balaban J connectivity index is 1.26. The molecule has 2 saturated carbocycles. The number of carbonyl (C=O) groups is 1. The van der Waals surface area contributed by atoms with Crippen molar-refractivity contribution in [2.24, 2.45) is 11.8 Å². The van der Waals surface area contributed by atoms with E-state index in [0.29, 0.717) is 43.6 Å². The number of rotatable bonds is 7. The molecule has 0 spiro atoms. The summed E-state index contributed by atoms with van der Waals surface area (Å²) in [6.45, 7) is 2.21. The second-order valence-electron chi connectivity index (χ2n) is 12.2. The van der Waals surface area contributed by atoms with E-state index in [4.69, 9.17) is 9.72 Å². The van der Waals surface area contributed by atoms with Gasteiger partial charge in [0.05, 0.1) is 17.6 Å². The number of nitrogens with zero attached hydrogens (tertiary/aromatic N) is 3. The van der Waals surface area contributed by atoms with Gasteiger partial charge in [0.15, 0.2) is 0 Å². The van der Waals surface area contributed by atoms with Crippen LogP contribution in [0, 0.1) is 11.8 Å². The number of ether oxygens (including phenoxy) is 1. The van der Waals surface area contributed by atoms with Crippen LogP contribution in [0.15, 0.2) is 29.1 Å². The highest BCUT2D eigenvalue weighted by Gasteiger charge is 2.45. The zero-order chi connectivity index (χ0) is 25.4. The first-order chi connectivity index (χ1) is 18.1. The third kappa shape index (κ3) is 5.10. The van der Waals surface area contributed by atoms with Crippen molar-refractivity contribution in [1.82, 2.24) is 14.5 Å². The average Bonchev–Trinajstić information content (AvgIpc) is 2.88. The largest absolute Gasteiger partial charge is 0.466 e. The van der Waals surface area contributed by atoms with Crippen molar-refractivity contribution in [1.29, 1.82) is 0 Å². The molecule has 1 aromatic heterocycles. The van der Waals surface area contributed by atoms with E-state index in [1.54, 1.807) is 0 Å². The lowest BCUT2D eigenvalue weighted by Crippen LogP contribution is -2.58. The van der Waals surface area contributed by atoms with E-state index < -0.39 is 0 Å². The first-order valence-corrected chi connectivity index (χ1v) is 15.0. The van der Waals surface area contributed by atoms with Gasteiger partial charge in [-0.3, -0.25) is 14.5 Å². The molecule has 2 aromatic rings. The second kappa shape index (κ2) is 10.9. The lowest BCUT2D eigenvalue weighted by Gasteiger charge is -2.55. The van der Waals surface area contributed by atoms with Crippen molar-refractivity contribution in [2.45, 2.75) is 121 Å². The molecule has 2 unspecified atom stereocenters. The quantitative estimate of drug-likeness (QED) is 0.445. The van der Waals surface area contributed by atoms with Crippen LogP contribution in [0.25, 0.3) is 11.0 Å². The molecule has 5 atom stereocenters. The van der Waals surface area contributed by atoms with Gasteiger partial charge in [0.2, 0.25) is 0 Å². The number of hydrogen-bond acceptors (Lipinski definition) is 5. The normalized spacial score (nSPS) is 31.8. The number of aromatic nitrogens is 2. The molecule has 0 N–H and O–H groups in total. The summed E-state index contributed by atoms with van der Waals surface area (Å²) in [5.74, 6) is 1.69. The Labute approximate surface area is 220 Å². The molecule has 6 rings (SSSR count). The fourth-order valence-corrected chi connectivity index (χ4v) is 8.50. The molecule has 0 radical (unpaired) electrons.